The second-order valence-electron chi connectivity index (χ2n) is 9.27. The van der Waals surface area contributed by atoms with Gasteiger partial charge in [0.2, 0.25) is 0 Å². The smallest absolute Gasteiger partial charge is 0.306 e. The topological polar surface area (TPSA) is 44.8 Å². The Kier molecular flexibility index (Phi) is 6.27. The van der Waals surface area contributed by atoms with Crippen LogP contribution < -0.4 is 9.47 Å². The number of benzene rings is 3. The second kappa shape index (κ2) is 9.49. The minimum absolute atomic E-state index is 0.156. The molecule has 1 saturated carbocycles. The Labute approximate surface area is 199 Å². The molecule has 0 aromatic heterocycles. The van der Waals surface area contributed by atoms with Gasteiger partial charge in [0, 0.05) is 11.5 Å². The van der Waals surface area contributed by atoms with Crippen LogP contribution >= 0.6 is 0 Å². The lowest BCUT2D eigenvalue weighted by Gasteiger charge is -2.27. The maximum absolute atomic E-state index is 14.4. The molecule has 2 unspecified atom stereocenters. The highest BCUT2D eigenvalue weighted by molar-refractivity contribution is 5.70. The van der Waals surface area contributed by atoms with E-state index in [4.69, 9.17) is 14.2 Å². The lowest BCUT2D eigenvalue weighted by Crippen LogP contribution is -2.20. The monoisotopic (exact) mass is 460 g/mol. The number of carbonyl (C=O) groups is 1. The molecule has 2 aliphatic rings. The number of methoxy groups -OCH3 is 2. The van der Waals surface area contributed by atoms with Crippen LogP contribution in [0.15, 0.2) is 60.7 Å². The standard InChI is InChI=1S/C29H29FO4/c1-32-24-10-11-27(30)26(15-24)20-5-3-18(4-6-20)23-14-22-13-21(9-12-28(22)34-17-23)25(19-7-8-19)16-29(31)33-2/h3-6,9-13,15,19,23,25H,7-8,14,16-17H2,1-2H3. The summed E-state index contributed by atoms with van der Waals surface area (Å²) in [6.45, 7) is 0.605. The van der Waals surface area contributed by atoms with Gasteiger partial charge in [-0.1, -0.05) is 36.4 Å². The first-order chi connectivity index (χ1) is 16.6. The van der Waals surface area contributed by atoms with Gasteiger partial charge in [0.05, 0.1) is 27.2 Å². The zero-order valence-electron chi connectivity index (χ0n) is 19.6. The van der Waals surface area contributed by atoms with Crippen molar-refractivity contribution in [2.75, 3.05) is 20.8 Å². The molecule has 1 fully saturated rings. The van der Waals surface area contributed by atoms with Crippen LogP contribution in [-0.4, -0.2) is 26.8 Å². The van der Waals surface area contributed by atoms with Gasteiger partial charge in [0.1, 0.15) is 17.3 Å². The highest BCUT2D eigenvalue weighted by Gasteiger charge is 2.34. The molecule has 0 saturated heterocycles. The van der Waals surface area contributed by atoms with Crippen molar-refractivity contribution < 1.29 is 23.4 Å². The fourth-order valence-corrected chi connectivity index (χ4v) is 4.96. The van der Waals surface area contributed by atoms with Crippen molar-refractivity contribution in [2.45, 2.75) is 37.5 Å². The Morgan fingerprint density at radius 3 is 2.56 bits per heavy atom. The maximum Gasteiger partial charge on any atom is 0.306 e. The fraction of sp³-hybridized carbons (Fsp3) is 0.345. The van der Waals surface area contributed by atoms with Crippen molar-refractivity contribution in [1.29, 1.82) is 0 Å². The molecule has 1 heterocycles. The summed E-state index contributed by atoms with van der Waals surface area (Å²) in [5.74, 6) is 2.10. The average Bonchev–Trinajstić information content (AvgIpc) is 3.72. The Bertz CT molecular complexity index is 1180. The fourth-order valence-electron chi connectivity index (χ4n) is 4.96. The quantitative estimate of drug-likeness (QED) is 0.390. The molecular formula is C29H29FO4. The van der Waals surface area contributed by atoms with Gasteiger partial charge >= 0.3 is 5.97 Å². The van der Waals surface area contributed by atoms with E-state index >= 15 is 0 Å². The van der Waals surface area contributed by atoms with Crippen molar-refractivity contribution in [3.05, 3.63) is 83.2 Å². The van der Waals surface area contributed by atoms with Crippen LogP contribution in [0.5, 0.6) is 11.5 Å². The van der Waals surface area contributed by atoms with Crippen LogP contribution in [-0.2, 0) is 16.0 Å². The molecule has 0 amide bonds. The summed E-state index contributed by atoms with van der Waals surface area (Å²) in [5, 5.41) is 0. The highest BCUT2D eigenvalue weighted by atomic mass is 19.1. The minimum Gasteiger partial charge on any atom is -0.497 e. The number of rotatable bonds is 7. The Hall–Kier alpha value is -3.34. The van der Waals surface area contributed by atoms with Crippen molar-refractivity contribution in [3.63, 3.8) is 0 Å². The molecule has 0 bridgehead atoms. The minimum atomic E-state index is -0.270. The van der Waals surface area contributed by atoms with Crippen molar-refractivity contribution in [3.8, 4) is 22.6 Å². The van der Waals surface area contributed by atoms with Crippen LogP contribution in [0.2, 0.25) is 0 Å². The van der Waals surface area contributed by atoms with Crippen molar-refractivity contribution >= 4 is 5.97 Å². The first-order valence-corrected chi connectivity index (χ1v) is 11.8. The number of carbonyl (C=O) groups excluding carboxylic acids is 1. The first-order valence-electron chi connectivity index (χ1n) is 11.8. The molecule has 4 nitrogen and oxygen atoms in total. The number of ether oxygens (including phenoxy) is 3. The van der Waals surface area contributed by atoms with Crippen LogP contribution in [0.25, 0.3) is 11.1 Å². The normalized spacial score (nSPS) is 17.9. The van der Waals surface area contributed by atoms with E-state index in [-0.39, 0.29) is 23.6 Å². The number of fused-ring (bicyclic) bond motifs is 1. The molecule has 1 aliphatic carbocycles. The van der Waals surface area contributed by atoms with Gasteiger partial charge in [-0.3, -0.25) is 4.79 Å². The summed E-state index contributed by atoms with van der Waals surface area (Å²) >= 11 is 0. The first kappa shape index (κ1) is 22.5. The number of hydrogen-bond acceptors (Lipinski definition) is 4. The third-order valence-corrected chi connectivity index (χ3v) is 7.09. The van der Waals surface area contributed by atoms with Crippen LogP contribution in [0.1, 0.15) is 47.8 Å². The maximum atomic E-state index is 14.4. The molecule has 5 heteroatoms. The Balaban J connectivity index is 1.35. The number of hydrogen-bond donors (Lipinski definition) is 0. The van der Waals surface area contributed by atoms with E-state index < -0.39 is 0 Å². The van der Waals surface area contributed by atoms with E-state index in [2.05, 4.69) is 24.3 Å². The van der Waals surface area contributed by atoms with E-state index in [1.807, 2.05) is 18.2 Å². The van der Waals surface area contributed by atoms with Crippen molar-refractivity contribution in [1.82, 2.24) is 0 Å². The molecule has 3 aromatic rings. The van der Waals surface area contributed by atoms with E-state index in [1.54, 1.807) is 19.2 Å². The van der Waals surface area contributed by atoms with E-state index in [0.29, 0.717) is 30.3 Å². The lowest BCUT2D eigenvalue weighted by molar-refractivity contribution is -0.141. The predicted octanol–water partition coefficient (Wildman–Crippen LogP) is 6.28. The summed E-state index contributed by atoms with van der Waals surface area (Å²) in [6, 6.07) is 19.2. The highest BCUT2D eigenvalue weighted by Crippen LogP contribution is 2.46. The molecule has 0 radical (unpaired) electrons. The average molecular weight is 461 g/mol. The van der Waals surface area contributed by atoms with Gasteiger partial charge in [0.25, 0.3) is 0 Å². The van der Waals surface area contributed by atoms with Crippen LogP contribution in [0.4, 0.5) is 4.39 Å². The van der Waals surface area contributed by atoms with Gasteiger partial charge in [-0.2, -0.15) is 0 Å². The van der Waals surface area contributed by atoms with E-state index in [9.17, 15) is 9.18 Å². The van der Waals surface area contributed by atoms with Gasteiger partial charge in [0.15, 0.2) is 0 Å². The third kappa shape index (κ3) is 4.65. The van der Waals surface area contributed by atoms with E-state index in [1.165, 1.54) is 24.3 Å². The molecule has 3 aromatic carbocycles. The van der Waals surface area contributed by atoms with Gasteiger partial charge in [-0.15, -0.1) is 0 Å². The second-order valence-corrected chi connectivity index (χ2v) is 9.27. The molecule has 2 atom stereocenters. The summed E-state index contributed by atoms with van der Waals surface area (Å²) < 4.78 is 30.7. The molecule has 176 valence electrons. The molecule has 5 rings (SSSR count). The van der Waals surface area contributed by atoms with Gasteiger partial charge in [-0.05, 0) is 77.6 Å². The number of esters is 1. The zero-order chi connectivity index (χ0) is 23.7. The lowest BCUT2D eigenvalue weighted by atomic mass is 9.85. The summed E-state index contributed by atoms with van der Waals surface area (Å²) in [6.07, 6.45) is 3.62. The van der Waals surface area contributed by atoms with E-state index in [0.717, 1.165) is 36.1 Å². The zero-order valence-corrected chi connectivity index (χ0v) is 19.6. The molecule has 34 heavy (non-hydrogen) atoms. The molecule has 0 N–H and O–H groups in total. The number of halogens is 1. The van der Waals surface area contributed by atoms with Crippen LogP contribution in [0, 0.1) is 11.7 Å². The molecule has 1 aliphatic heterocycles. The van der Waals surface area contributed by atoms with Gasteiger partial charge < -0.3 is 14.2 Å². The predicted molar refractivity (Wildman–Crippen MR) is 129 cm³/mol. The Morgan fingerprint density at radius 2 is 1.85 bits per heavy atom. The summed E-state index contributed by atoms with van der Waals surface area (Å²) in [5.41, 5.74) is 4.87. The SMILES string of the molecule is COC(=O)CC(c1ccc2c(c1)CC(c1ccc(-c3cc(OC)ccc3F)cc1)CO2)C1CC1. The Morgan fingerprint density at radius 1 is 1.06 bits per heavy atom. The van der Waals surface area contributed by atoms with Crippen molar-refractivity contribution in [2.24, 2.45) is 5.92 Å². The molecule has 0 spiro atoms. The van der Waals surface area contributed by atoms with Crippen LogP contribution in [0.3, 0.4) is 0 Å². The summed E-state index contributed by atoms with van der Waals surface area (Å²) in [7, 11) is 3.03. The summed E-state index contributed by atoms with van der Waals surface area (Å²) in [4.78, 5) is 12.0. The largest absolute Gasteiger partial charge is 0.497 e. The van der Waals surface area contributed by atoms with Gasteiger partial charge in [-0.25, -0.2) is 4.39 Å². The third-order valence-electron chi connectivity index (χ3n) is 7.09. The molecular weight excluding hydrogens is 431 g/mol.